The molecule has 3 nitrogen and oxygen atoms in total. The lowest BCUT2D eigenvalue weighted by Crippen LogP contribution is -2.41. The van der Waals surface area contributed by atoms with Gasteiger partial charge in [0.05, 0.1) is 12.2 Å². The van der Waals surface area contributed by atoms with Gasteiger partial charge in [-0.3, -0.25) is 4.90 Å². The summed E-state index contributed by atoms with van der Waals surface area (Å²) in [6.45, 7) is 4.13. The van der Waals surface area contributed by atoms with Gasteiger partial charge in [0.2, 0.25) is 0 Å². The fraction of sp³-hybridized carbons (Fsp3) is 0.917. The van der Waals surface area contributed by atoms with Crippen LogP contribution in [0.25, 0.3) is 0 Å². The van der Waals surface area contributed by atoms with Crippen LogP contribution in [0.15, 0.2) is 0 Å². The van der Waals surface area contributed by atoms with E-state index < -0.39 is 0 Å². The number of nitrogens with zero attached hydrogens (tertiary/aromatic N) is 2. The van der Waals surface area contributed by atoms with Gasteiger partial charge in [-0.15, -0.1) is 0 Å². The fourth-order valence-corrected chi connectivity index (χ4v) is 2.46. The van der Waals surface area contributed by atoms with E-state index in [4.69, 9.17) is 10.00 Å². The summed E-state index contributed by atoms with van der Waals surface area (Å²) >= 11 is 0. The predicted octanol–water partition coefficient (Wildman–Crippen LogP) is 2.18. The van der Waals surface area contributed by atoms with Crippen LogP contribution in [0.1, 0.15) is 39.0 Å². The molecule has 86 valence electrons. The van der Waals surface area contributed by atoms with E-state index in [9.17, 15) is 0 Å². The van der Waals surface area contributed by atoms with Gasteiger partial charge in [-0.25, -0.2) is 0 Å². The maximum Gasteiger partial charge on any atom is 0.0635 e. The maximum absolute atomic E-state index is 8.61. The molecule has 0 N–H and O–H groups in total. The van der Waals surface area contributed by atoms with Crippen molar-refractivity contribution in [2.75, 3.05) is 20.2 Å². The Kier molecular flexibility index (Phi) is 5.67. The standard InChI is InChI=1S/C12H22N2O/c1-3-14(9-5-8-13)11-6-4-7-12(10-11)15-2/h11-12H,3-7,9-10H2,1-2H3. The first-order valence-corrected chi connectivity index (χ1v) is 5.95. The molecule has 1 aliphatic carbocycles. The van der Waals surface area contributed by atoms with Gasteiger partial charge in [-0.2, -0.15) is 5.26 Å². The zero-order valence-electron chi connectivity index (χ0n) is 9.91. The van der Waals surface area contributed by atoms with Crippen LogP contribution in [-0.2, 0) is 4.74 Å². The molecule has 2 atom stereocenters. The lowest BCUT2D eigenvalue weighted by atomic mass is 9.91. The average molecular weight is 210 g/mol. The summed E-state index contributed by atoms with van der Waals surface area (Å²) in [5.41, 5.74) is 0. The van der Waals surface area contributed by atoms with Crippen molar-refractivity contribution in [3.8, 4) is 6.07 Å². The van der Waals surface area contributed by atoms with Crippen molar-refractivity contribution in [3.63, 3.8) is 0 Å². The average Bonchev–Trinajstić information content (AvgIpc) is 2.30. The van der Waals surface area contributed by atoms with Crippen LogP contribution in [-0.4, -0.2) is 37.2 Å². The first-order chi connectivity index (χ1) is 7.31. The Bertz CT molecular complexity index is 212. The van der Waals surface area contributed by atoms with E-state index >= 15 is 0 Å². The van der Waals surface area contributed by atoms with Crippen LogP contribution >= 0.6 is 0 Å². The molecule has 1 aliphatic rings. The third-order valence-electron chi connectivity index (χ3n) is 3.37. The van der Waals surface area contributed by atoms with Crippen molar-refractivity contribution in [2.45, 2.75) is 51.2 Å². The highest BCUT2D eigenvalue weighted by Gasteiger charge is 2.25. The third kappa shape index (κ3) is 3.81. The van der Waals surface area contributed by atoms with Crippen molar-refractivity contribution in [1.29, 1.82) is 5.26 Å². The lowest BCUT2D eigenvalue weighted by molar-refractivity contribution is 0.0298. The summed E-state index contributed by atoms with van der Waals surface area (Å²) in [4.78, 5) is 2.43. The molecule has 0 saturated heterocycles. The summed E-state index contributed by atoms with van der Waals surface area (Å²) < 4.78 is 5.43. The normalized spacial score (nSPS) is 26.5. The number of hydrogen-bond donors (Lipinski definition) is 0. The second kappa shape index (κ2) is 6.81. The molecule has 3 heteroatoms. The minimum atomic E-state index is 0.430. The molecule has 0 amide bonds. The summed E-state index contributed by atoms with van der Waals surface area (Å²) in [7, 11) is 1.80. The minimum Gasteiger partial charge on any atom is -0.381 e. The molecule has 0 aromatic heterocycles. The van der Waals surface area contributed by atoms with Crippen molar-refractivity contribution in [2.24, 2.45) is 0 Å². The highest BCUT2D eigenvalue weighted by atomic mass is 16.5. The zero-order chi connectivity index (χ0) is 11.1. The van der Waals surface area contributed by atoms with Gasteiger partial charge < -0.3 is 4.74 Å². The molecule has 0 aromatic carbocycles. The van der Waals surface area contributed by atoms with Gasteiger partial charge in [0.25, 0.3) is 0 Å². The highest BCUT2D eigenvalue weighted by Crippen LogP contribution is 2.24. The Labute approximate surface area is 93.0 Å². The van der Waals surface area contributed by atoms with Crippen LogP contribution in [0, 0.1) is 11.3 Å². The van der Waals surface area contributed by atoms with Crippen molar-refractivity contribution >= 4 is 0 Å². The quantitative estimate of drug-likeness (QED) is 0.698. The summed E-state index contributed by atoms with van der Waals surface area (Å²) in [5.74, 6) is 0. The zero-order valence-corrected chi connectivity index (χ0v) is 9.91. The van der Waals surface area contributed by atoms with E-state index in [2.05, 4.69) is 17.9 Å². The molecule has 0 radical (unpaired) electrons. The Balaban J connectivity index is 2.41. The van der Waals surface area contributed by atoms with Crippen LogP contribution in [0.3, 0.4) is 0 Å². The smallest absolute Gasteiger partial charge is 0.0635 e. The van der Waals surface area contributed by atoms with Gasteiger partial charge in [0, 0.05) is 26.1 Å². The monoisotopic (exact) mass is 210 g/mol. The second-order valence-corrected chi connectivity index (χ2v) is 4.21. The van der Waals surface area contributed by atoms with Gasteiger partial charge >= 0.3 is 0 Å². The molecule has 15 heavy (non-hydrogen) atoms. The van der Waals surface area contributed by atoms with E-state index in [1.165, 1.54) is 19.3 Å². The van der Waals surface area contributed by atoms with E-state index in [1.807, 2.05) is 0 Å². The molecule has 2 unspecified atom stereocenters. The minimum absolute atomic E-state index is 0.430. The highest BCUT2D eigenvalue weighted by molar-refractivity contribution is 4.82. The number of rotatable bonds is 5. The van der Waals surface area contributed by atoms with Crippen molar-refractivity contribution in [3.05, 3.63) is 0 Å². The molecule has 1 saturated carbocycles. The third-order valence-corrected chi connectivity index (χ3v) is 3.37. The van der Waals surface area contributed by atoms with Crippen molar-refractivity contribution in [1.82, 2.24) is 4.90 Å². The van der Waals surface area contributed by atoms with Crippen LogP contribution in [0.2, 0.25) is 0 Å². The van der Waals surface area contributed by atoms with Crippen LogP contribution in [0.5, 0.6) is 0 Å². The summed E-state index contributed by atoms with van der Waals surface area (Å²) in [6, 6.07) is 2.85. The molecule has 0 spiro atoms. The van der Waals surface area contributed by atoms with Crippen molar-refractivity contribution < 1.29 is 4.74 Å². The Morgan fingerprint density at radius 2 is 2.27 bits per heavy atom. The largest absolute Gasteiger partial charge is 0.381 e. The predicted molar refractivity (Wildman–Crippen MR) is 60.5 cm³/mol. The summed E-state index contributed by atoms with van der Waals surface area (Å²) in [5, 5.41) is 8.61. The molecule has 0 bridgehead atoms. The van der Waals surface area contributed by atoms with E-state index in [0.29, 0.717) is 18.6 Å². The van der Waals surface area contributed by atoms with Gasteiger partial charge in [-0.05, 0) is 32.2 Å². The number of methoxy groups -OCH3 is 1. The Morgan fingerprint density at radius 3 is 2.87 bits per heavy atom. The van der Waals surface area contributed by atoms with E-state index in [1.54, 1.807) is 7.11 Å². The first-order valence-electron chi connectivity index (χ1n) is 5.95. The summed E-state index contributed by atoms with van der Waals surface area (Å²) in [6.07, 6.45) is 5.92. The van der Waals surface area contributed by atoms with E-state index in [0.717, 1.165) is 19.5 Å². The number of hydrogen-bond acceptors (Lipinski definition) is 3. The Morgan fingerprint density at radius 1 is 1.47 bits per heavy atom. The maximum atomic E-state index is 8.61. The topological polar surface area (TPSA) is 36.3 Å². The number of nitriles is 1. The van der Waals surface area contributed by atoms with Gasteiger partial charge in [0.15, 0.2) is 0 Å². The van der Waals surface area contributed by atoms with Gasteiger partial charge in [-0.1, -0.05) is 6.92 Å². The molecular weight excluding hydrogens is 188 g/mol. The first kappa shape index (κ1) is 12.5. The SMILES string of the molecule is CCN(CCC#N)C1CCCC(OC)C1. The molecule has 0 aliphatic heterocycles. The molecular formula is C12H22N2O. The molecule has 1 rings (SSSR count). The van der Waals surface area contributed by atoms with Gasteiger partial charge in [0.1, 0.15) is 0 Å². The molecule has 1 fully saturated rings. The fourth-order valence-electron chi connectivity index (χ4n) is 2.46. The van der Waals surface area contributed by atoms with E-state index in [-0.39, 0.29) is 0 Å². The molecule has 0 heterocycles. The van der Waals surface area contributed by atoms with Crippen LogP contribution in [0.4, 0.5) is 0 Å². The Hall–Kier alpha value is -0.590. The number of ether oxygens (including phenoxy) is 1. The lowest BCUT2D eigenvalue weighted by Gasteiger charge is -2.36. The second-order valence-electron chi connectivity index (χ2n) is 4.21. The molecule has 0 aromatic rings. The van der Waals surface area contributed by atoms with Crippen LogP contribution < -0.4 is 0 Å².